The maximum Gasteiger partial charge on any atom is 0.255 e. The highest BCUT2D eigenvalue weighted by atomic mass is 16.5. The van der Waals surface area contributed by atoms with E-state index in [4.69, 9.17) is 10.5 Å². The number of nitrogen functional groups attached to an aromatic ring is 1. The summed E-state index contributed by atoms with van der Waals surface area (Å²) in [5.74, 6) is 1.30. The number of hydrogen-bond acceptors (Lipinski definition) is 5. The molecule has 27 heavy (non-hydrogen) atoms. The number of anilines is 1. The van der Waals surface area contributed by atoms with Crippen LogP contribution in [-0.4, -0.2) is 68.6 Å². The number of carbonyl (C=O) groups excluding carboxylic acids is 1. The van der Waals surface area contributed by atoms with Gasteiger partial charge in [0.2, 0.25) is 0 Å². The molecule has 0 bridgehead atoms. The van der Waals surface area contributed by atoms with Gasteiger partial charge in [0.25, 0.3) is 5.91 Å². The number of carbonyl (C=O) groups is 1. The van der Waals surface area contributed by atoms with E-state index in [1.807, 2.05) is 13.0 Å². The Morgan fingerprint density at radius 3 is 2.48 bits per heavy atom. The van der Waals surface area contributed by atoms with E-state index in [0.717, 1.165) is 37.4 Å². The highest BCUT2D eigenvalue weighted by molar-refractivity contribution is 5.98. The van der Waals surface area contributed by atoms with Crippen molar-refractivity contribution in [2.24, 2.45) is 5.92 Å². The third kappa shape index (κ3) is 5.14. The average molecular weight is 375 g/mol. The van der Waals surface area contributed by atoms with Crippen molar-refractivity contribution in [3.63, 3.8) is 0 Å². The summed E-state index contributed by atoms with van der Waals surface area (Å²) in [6.07, 6.45) is 4.64. The molecule has 0 aromatic heterocycles. The molecule has 3 rings (SSSR count). The van der Waals surface area contributed by atoms with Gasteiger partial charge in [-0.05, 0) is 70.3 Å². The minimum absolute atomic E-state index is 0.0660. The van der Waals surface area contributed by atoms with Crippen LogP contribution in [0, 0.1) is 12.8 Å². The number of nitrogens with zero attached hydrogens (tertiary/aromatic N) is 2. The van der Waals surface area contributed by atoms with Gasteiger partial charge < -0.3 is 25.6 Å². The number of benzene rings is 1. The van der Waals surface area contributed by atoms with Crippen molar-refractivity contribution in [2.45, 2.75) is 38.6 Å². The van der Waals surface area contributed by atoms with Crippen LogP contribution in [-0.2, 0) is 0 Å². The molecule has 0 saturated carbocycles. The number of rotatable bonds is 5. The number of methoxy groups -OCH3 is 1. The maximum atomic E-state index is 12.7. The number of nitrogens with one attached hydrogen (secondary N) is 1. The van der Waals surface area contributed by atoms with E-state index in [2.05, 4.69) is 22.2 Å². The molecule has 0 aliphatic carbocycles. The van der Waals surface area contributed by atoms with Gasteiger partial charge >= 0.3 is 0 Å². The number of likely N-dealkylation sites (tertiary alicyclic amines) is 2. The van der Waals surface area contributed by atoms with E-state index >= 15 is 0 Å². The van der Waals surface area contributed by atoms with Crippen molar-refractivity contribution in [3.8, 4) is 5.75 Å². The minimum Gasteiger partial charge on any atom is -0.496 e. The Morgan fingerprint density at radius 1 is 1.19 bits per heavy atom. The van der Waals surface area contributed by atoms with Crippen molar-refractivity contribution >= 4 is 11.6 Å². The first-order valence-corrected chi connectivity index (χ1v) is 10.1. The Hall–Kier alpha value is -1.79. The second kappa shape index (κ2) is 8.93. The standard InChI is InChI=1S/C21H34N4O2/c1-15-12-18(20(27-3)13-19(15)22)21(26)23-17-6-10-25(11-7-17)14-16-4-8-24(2)9-5-16/h12-13,16-17H,4-11,14,22H2,1-3H3,(H,23,26). The minimum atomic E-state index is -0.0660. The lowest BCUT2D eigenvalue weighted by Gasteiger charge is -2.37. The first-order chi connectivity index (χ1) is 13.0. The Balaban J connectivity index is 1.49. The van der Waals surface area contributed by atoms with Gasteiger partial charge in [-0.2, -0.15) is 0 Å². The predicted molar refractivity (Wildman–Crippen MR) is 109 cm³/mol. The van der Waals surface area contributed by atoms with E-state index in [1.165, 1.54) is 32.5 Å². The first-order valence-electron chi connectivity index (χ1n) is 10.1. The maximum absolute atomic E-state index is 12.7. The summed E-state index contributed by atoms with van der Waals surface area (Å²) < 4.78 is 5.35. The second-order valence-corrected chi connectivity index (χ2v) is 8.20. The van der Waals surface area contributed by atoms with Crippen LogP contribution < -0.4 is 15.8 Å². The Labute approximate surface area is 163 Å². The van der Waals surface area contributed by atoms with Gasteiger partial charge in [-0.15, -0.1) is 0 Å². The molecule has 3 N–H and O–H groups in total. The smallest absolute Gasteiger partial charge is 0.255 e. The summed E-state index contributed by atoms with van der Waals surface area (Å²) in [7, 11) is 3.78. The molecule has 6 nitrogen and oxygen atoms in total. The lowest BCUT2D eigenvalue weighted by atomic mass is 9.95. The van der Waals surface area contributed by atoms with Crippen molar-refractivity contribution in [3.05, 3.63) is 23.3 Å². The van der Waals surface area contributed by atoms with Crippen molar-refractivity contribution in [2.75, 3.05) is 52.6 Å². The number of nitrogens with two attached hydrogens (primary N) is 1. The molecule has 150 valence electrons. The molecule has 0 radical (unpaired) electrons. The van der Waals surface area contributed by atoms with Gasteiger partial charge in [0, 0.05) is 37.4 Å². The van der Waals surface area contributed by atoms with Crippen LogP contribution in [0.3, 0.4) is 0 Å². The van der Waals surface area contributed by atoms with Gasteiger partial charge in [0.05, 0.1) is 12.7 Å². The average Bonchev–Trinajstić information content (AvgIpc) is 2.67. The predicted octanol–water partition coefficient (Wildman–Crippen LogP) is 2.12. The SMILES string of the molecule is COc1cc(N)c(C)cc1C(=O)NC1CCN(CC2CCN(C)CC2)CC1. The van der Waals surface area contributed by atoms with Crippen molar-refractivity contribution in [1.82, 2.24) is 15.1 Å². The molecule has 0 unspecified atom stereocenters. The Morgan fingerprint density at radius 2 is 1.85 bits per heavy atom. The van der Waals surface area contributed by atoms with Crippen LogP contribution in [0.2, 0.25) is 0 Å². The quantitative estimate of drug-likeness (QED) is 0.773. The van der Waals surface area contributed by atoms with E-state index in [-0.39, 0.29) is 11.9 Å². The molecular formula is C21H34N4O2. The topological polar surface area (TPSA) is 70.8 Å². The Bertz CT molecular complexity index is 648. The molecule has 1 aromatic carbocycles. The second-order valence-electron chi connectivity index (χ2n) is 8.20. The lowest BCUT2D eigenvalue weighted by Crippen LogP contribution is -2.46. The van der Waals surface area contributed by atoms with Gasteiger partial charge in [0.1, 0.15) is 5.75 Å². The molecule has 1 aromatic rings. The molecular weight excluding hydrogens is 340 g/mol. The van der Waals surface area contributed by atoms with E-state index in [0.29, 0.717) is 17.0 Å². The van der Waals surface area contributed by atoms with Crippen LogP contribution in [0.15, 0.2) is 12.1 Å². The van der Waals surface area contributed by atoms with E-state index in [1.54, 1.807) is 13.2 Å². The third-order valence-electron chi connectivity index (χ3n) is 6.11. The molecule has 2 saturated heterocycles. The molecule has 6 heteroatoms. The fraction of sp³-hybridized carbons (Fsp3) is 0.667. The third-order valence-corrected chi connectivity index (χ3v) is 6.11. The molecule has 1 amide bonds. The molecule has 0 atom stereocenters. The summed E-state index contributed by atoms with van der Waals surface area (Å²) in [4.78, 5) is 17.7. The van der Waals surface area contributed by atoms with Crippen LogP contribution in [0.5, 0.6) is 5.75 Å². The fourth-order valence-electron chi connectivity index (χ4n) is 4.18. The zero-order chi connectivity index (χ0) is 19.4. The first kappa shape index (κ1) is 20.0. The number of aryl methyl sites for hydroxylation is 1. The molecule has 2 heterocycles. The number of hydrogen-bond donors (Lipinski definition) is 2. The zero-order valence-corrected chi connectivity index (χ0v) is 17.0. The summed E-state index contributed by atoms with van der Waals surface area (Å²) in [6, 6.07) is 3.78. The summed E-state index contributed by atoms with van der Waals surface area (Å²) in [5.41, 5.74) is 8.04. The highest BCUT2D eigenvalue weighted by Crippen LogP contribution is 2.26. The highest BCUT2D eigenvalue weighted by Gasteiger charge is 2.25. The van der Waals surface area contributed by atoms with Crippen LogP contribution >= 0.6 is 0 Å². The molecule has 0 spiro atoms. The lowest BCUT2D eigenvalue weighted by molar-refractivity contribution is 0.0892. The van der Waals surface area contributed by atoms with Crippen LogP contribution in [0.4, 0.5) is 5.69 Å². The van der Waals surface area contributed by atoms with Crippen molar-refractivity contribution in [1.29, 1.82) is 0 Å². The Kier molecular flexibility index (Phi) is 6.60. The zero-order valence-electron chi connectivity index (χ0n) is 17.0. The summed E-state index contributed by atoms with van der Waals surface area (Å²) in [6.45, 7) is 7.69. The van der Waals surface area contributed by atoms with E-state index in [9.17, 15) is 4.79 Å². The van der Waals surface area contributed by atoms with Crippen molar-refractivity contribution < 1.29 is 9.53 Å². The largest absolute Gasteiger partial charge is 0.496 e. The van der Waals surface area contributed by atoms with Gasteiger partial charge in [-0.25, -0.2) is 0 Å². The van der Waals surface area contributed by atoms with Gasteiger partial charge in [-0.3, -0.25) is 4.79 Å². The molecule has 2 aliphatic rings. The number of ether oxygens (including phenoxy) is 1. The summed E-state index contributed by atoms with van der Waals surface area (Å²) in [5, 5.41) is 3.19. The number of amides is 1. The molecule has 2 fully saturated rings. The number of piperidine rings is 2. The van der Waals surface area contributed by atoms with Gasteiger partial charge in [-0.1, -0.05) is 0 Å². The molecule has 2 aliphatic heterocycles. The normalized spacial score (nSPS) is 20.6. The van der Waals surface area contributed by atoms with Crippen LogP contribution in [0.1, 0.15) is 41.6 Å². The van der Waals surface area contributed by atoms with Gasteiger partial charge in [0.15, 0.2) is 0 Å². The fourth-order valence-corrected chi connectivity index (χ4v) is 4.18. The van der Waals surface area contributed by atoms with E-state index < -0.39 is 0 Å². The monoisotopic (exact) mass is 374 g/mol. The van der Waals surface area contributed by atoms with Crippen LogP contribution in [0.25, 0.3) is 0 Å². The summed E-state index contributed by atoms with van der Waals surface area (Å²) >= 11 is 0.